The van der Waals surface area contributed by atoms with Crippen molar-refractivity contribution in [3.05, 3.63) is 53.3 Å². The molecule has 6 nitrogen and oxygen atoms in total. The zero-order valence-electron chi connectivity index (χ0n) is 16.3. The van der Waals surface area contributed by atoms with Crippen molar-refractivity contribution in [1.82, 2.24) is 4.90 Å². The average molecular weight is 381 g/mol. The van der Waals surface area contributed by atoms with Crippen molar-refractivity contribution in [2.24, 2.45) is 0 Å². The normalized spacial score (nSPS) is 12.8. The van der Waals surface area contributed by atoms with Crippen LogP contribution in [0, 0.1) is 6.92 Å². The van der Waals surface area contributed by atoms with Crippen LogP contribution in [0.15, 0.2) is 40.8 Å². The summed E-state index contributed by atoms with van der Waals surface area (Å²) in [5.74, 6) is 2.43. The zero-order valence-corrected chi connectivity index (χ0v) is 16.3. The van der Waals surface area contributed by atoms with Crippen LogP contribution in [0.3, 0.4) is 0 Å². The molecule has 0 atom stereocenters. The quantitative estimate of drug-likeness (QED) is 0.663. The number of amides is 1. The fraction of sp³-hybridized carbons (Fsp3) is 0.318. The number of hydrogen-bond donors (Lipinski definition) is 0. The average Bonchev–Trinajstić information content (AvgIpc) is 3.07. The van der Waals surface area contributed by atoms with Gasteiger partial charge in [-0.15, -0.1) is 0 Å². The van der Waals surface area contributed by atoms with E-state index >= 15 is 0 Å². The number of methoxy groups -OCH3 is 1. The molecule has 0 saturated carbocycles. The third kappa shape index (κ3) is 3.26. The van der Waals surface area contributed by atoms with Crippen LogP contribution in [0.4, 0.5) is 0 Å². The minimum absolute atomic E-state index is 0.134. The Kier molecular flexibility index (Phi) is 4.86. The summed E-state index contributed by atoms with van der Waals surface area (Å²) in [6.45, 7) is 5.97. The minimum Gasteiger partial charge on any atom is -0.497 e. The second-order valence-corrected chi connectivity index (χ2v) is 6.72. The molecule has 0 saturated heterocycles. The van der Waals surface area contributed by atoms with Gasteiger partial charge in [0.15, 0.2) is 17.3 Å². The van der Waals surface area contributed by atoms with Crippen molar-refractivity contribution in [2.45, 2.75) is 20.4 Å². The molecule has 1 aliphatic rings. The Morgan fingerprint density at radius 3 is 2.64 bits per heavy atom. The first-order valence-corrected chi connectivity index (χ1v) is 9.35. The highest BCUT2D eigenvalue weighted by molar-refractivity contribution is 5.99. The van der Waals surface area contributed by atoms with Crippen LogP contribution < -0.4 is 14.2 Å². The number of nitrogens with zero attached hydrogens (tertiary/aromatic N) is 1. The molecule has 1 aromatic heterocycles. The van der Waals surface area contributed by atoms with E-state index in [1.54, 1.807) is 12.0 Å². The van der Waals surface area contributed by atoms with Gasteiger partial charge in [-0.1, -0.05) is 6.07 Å². The summed E-state index contributed by atoms with van der Waals surface area (Å²) in [5.41, 5.74) is 2.48. The smallest absolute Gasteiger partial charge is 0.290 e. The highest BCUT2D eigenvalue weighted by atomic mass is 16.6. The number of rotatable bonds is 5. The Morgan fingerprint density at radius 2 is 1.89 bits per heavy atom. The van der Waals surface area contributed by atoms with E-state index in [9.17, 15) is 4.79 Å². The predicted molar refractivity (Wildman–Crippen MR) is 105 cm³/mol. The number of ether oxygens (including phenoxy) is 3. The van der Waals surface area contributed by atoms with Gasteiger partial charge in [0, 0.05) is 24.0 Å². The monoisotopic (exact) mass is 381 g/mol. The summed E-state index contributed by atoms with van der Waals surface area (Å²) < 4.78 is 22.4. The third-order valence-electron chi connectivity index (χ3n) is 4.99. The van der Waals surface area contributed by atoms with Gasteiger partial charge in [-0.3, -0.25) is 4.79 Å². The summed E-state index contributed by atoms with van der Waals surface area (Å²) in [6.07, 6.45) is 0. The number of benzene rings is 2. The van der Waals surface area contributed by atoms with Gasteiger partial charge in [-0.2, -0.15) is 0 Å². The molecular formula is C22H23NO5. The molecule has 2 heterocycles. The largest absolute Gasteiger partial charge is 0.497 e. The van der Waals surface area contributed by atoms with E-state index in [-0.39, 0.29) is 5.91 Å². The molecule has 0 bridgehead atoms. The molecule has 146 valence electrons. The highest BCUT2D eigenvalue weighted by Gasteiger charge is 2.23. The van der Waals surface area contributed by atoms with Gasteiger partial charge in [-0.05, 0) is 49.7 Å². The lowest BCUT2D eigenvalue weighted by Gasteiger charge is -2.22. The van der Waals surface area contributed by atoms with Gasteiger partial charge in [-0.25, -0.2) is 0 Å². The first kappa shape index (κ1) is 18.2. The first-order chi connectivity index (χ1) is 13.6. The molecule has 2 aromatic carbocycles. The van der Waals surface area contributed by atoms with E-state index < -0.39 is 0 Å². The minimum atomic E-state index is -0.134. The van der Waals surface area contributed by atoms with Crippen LogP contribution in [0.2, 0.25) is 0 Å². The number of hydrogen-bond acceptors (Lipinski definition) is 5. The van der Waals surface area contributed by atoms with Crippen LogP contribution in [-0.2, 0) is 6.54 Å². The van der Waals surface area contributed by atoms with E-state index in [1.807, 2.05) is 50.2 Å². The SMILES string of the molecule is CCN(Cc1ccc2c(c1)OCCO2)C(=O)c1oc2ccc(OC)cc2c1C. The van der Waals surface area contributed by atoms with E-state index in [0.717, 1.165) is 33.8 Å². The number of carbonyl (C=O) groups is 1. The standard InChI is InChI=1S/C22H23NO5/c1-4-23(13-15-5-7-19-20(11-15)27-10-9-26-19)22(24)21-14(2)17-12-16(25-3)6-8-18(17)28-21/h5-8,11-12H,4,9-10,13H2,1-3H3. The van der Waals surface area contributed by atoms with Crippen LogP contribution in [-0.4, -0.2) is 37.7 Å². The van der Waals surface area contributed by atoms with E-state index in [4.69, 9.17) is 18.6 Å². The van der Waals surface area contributed by atoms with Crippen molar-refractivity contribution < 1.29 is 23.4 Å². The predicted octanol–water partition coefficient (Wildman–Crippen LogP) is 4.18. The number of fused-ring (bicyclic) bond motifs is 2. The molecule has 1 amide bonds. The summed E-state index contributed by atoms with van der Waals surface area (Å²) >= 11 is 0. The van der Waals surface area contributed by atoms with Gasteiger partial charge in [0.1, 0.15) is 24.5 Å². The number of carbonyl (C=O) groups excluding carboxylic acids is 1. The van der Waals surface area contributed by atoms with Crippen molar-refractivity contribution in [2.75, 3.05) is 26.9 Å². The van der Waals surface area contributed by atoms with Crippen LogP contribution in [0.1, 0.15) is 28.6 Å². The lowest BCUT2D eigenvalue weighted by atomic mass is 10.1. The van der Waals surface area contributed by atoms with Gasteiger partial charge in [0.2, 0.25) is 0 Å². The summed E-state index contributed by atoms with van der Waals surface area (Å²) in [7, 11) is 1.62. The zero-order chi connectivity index (χ0) is 19.7. The second-order valence-electron chi connectivity index (χ2n) is 6.72. The van der Waals surface area contributed by atoms with Crippen LogP contribution in [0.5, 0.6) is 17.2 Å². The Balaban J connectivity index is 1.60. The van der Waals surface area contributed by atoms with Gasteiger partial charge in [0.25, 0.3) is 5.91 Å². The van der Waals surface area contributed by atoms with E-state index in [2.05, 4.69) is 0 Å². The molecular weight excluding hydrogens is 358 g/mol. The van der Waals surface area contributed by atoms with E-state index in [1.165, 1.54) is 0 Å². The molecule has 6 heteroatoms. The van der Waals surface area contributed by atoms with Gasteiger partial charge in [0.05, 0.1) is 7.11 Å². The maximum atomic E-state index is 13.2. The molecule has 28 heavy (non-hydrogen) atoms. The van der Waals surface area contributed by atoms with Crippen molar-refractivity contribution in [3.63, 3.8) is 0 Å². The van der Waals surface area contributed by atoms with Crippen molar-refractivity contribution >= 4 is 16.9 Å². The van der Waals surface area contributed by atoms with Crippen molar-refractivity contribution in [3.8, 4) is 17.2 Å². The Labute approximate surface area is 163 Å². The molecule has 0 unspecified atom stereocenters. The lowest BCUT2D eigenvalue weighted by molar-refractivity contribution is 0.0721. The topological polar surface area (TPSA) is 61.1 Å². The number of aryl methyl sites for hydroxylation is 1. The Hall–Kier alpha value is -3.15. The fourth-order valence-electron chi connectivity index (χ4n) is 3.41. The van der Waals surface area contributed by atoms with Crippen LogP contribution >= 0.6 is 0 Å². The van der Waals surface area contributed by atoms with Gasteiger partial charge >= 0.3 is 0 Å². The lowest BCUT2D eigenvalue weighted by Crippen LogP contribution is -2.30. The summed E-state index contributed by atoms with van der Waals surface area (Å²) in [4.78, 5) is 14.9. The summed E-state index contributed by atoms with van der Waals surface area (Å²) in [5, 5.41) is 0.887. The second kappa shape index (κ2) is 7.46. The van der Waals surface area contributed by atoms with Crippen molar-refractivity contribution in [1.29, 1.82) is 0 Å². The Morgan fingerprint density at radius 1 is 1.11 bits per heavy atom. The molecule has 0 aliphatic carbocycles. The molecule has 3 aromatic rings. The molecule has 0 radical (unpaired) electrons. The first-order valence-electron chi connectivity index (χ1n) is 9.35. The molecule has 1 aliphatic heterocycles. The number of furan rings is 1. The maximum absolute atomic E-state index is 13.2. The molecule has 0 spiro atoms. The van der Waals surface area contributed by atoms with E-state index in [0.29, 0.717) is 37.6 Å². The highest BCUT2D eigenvalue weighted by Crippen LogP contribution is 2.32. The maximum Gasteiger partial charge on any atom is 0.290 e. The van der Waals surface area contributed by atoms with Gasteiger partial charge < -0.3 is 23.5 Å². The third-order valence-corrected chi connectivity index (χ3v) is 4.99. The molecule has 0 N–H and O–H groups in total. The summed E-state index contributed by atoms with van der Waals surface area (Å²) in [6, 6.07) is 11.3. The Bertz CT molecular complexity index is 1020. The fourth-order valence-corrected chi connectivity index (χ4v) is 3.41. The van der Waals surface area contributed by atoms with Crippen LogP contribution in [0.25, 0.3) is 11.0 Å². The molecule has 4 rings (SSSR count). The molecule has 0 fully saturated rings.